The Balaban J connectivity index is 1.34. The number of benzene rings is 3. The molecular weight excluding hydrogens is 488 g/mol. The number of rotatable bonds is 8. The first-order valence-corrected chi connectivity index (χ1v) is 12.9. The van der Waals surface area contributed by atoms with Gasteiger partial charge in [-0.15, -0.1) is 11.8 Å². The lowest BCUT2D eigenvalue weighted by atomic mass is 9.99. The van der Waals surface area contributed by atoms with Crippen LogP contribution in [0.1, 0.15) is 22.8 Å². The Morgan fingerprint density at radius 3 is 2.05 bits per heavy atom. The van der Waals surface area contributed by atoms with E-state index >= 15 is 0 Å². The predicted octanol–water partition coefficient (Wildman–Crippen LogP) is 3.82. The van der Waals surface area contributed by atoms with E-state index in [0.717, 1.165) is 16.7 Å². The first kappa shape index (κ1) is 24.6. The van der Waals surface area contributed by atoms with Crippen LogP contribution in [0.15, 0.2) is 102 Å². The number of fused-ring (bicyclic) bond motifs is 1. The molecule has 2 amide bonds. The van der Waals surface area contributed by atoms with E-state index in [-0.39, 0.29) is 18.2 Å². The highest BCUT2D eigenvalue weighted by atomic mass is 32.2. The second-order valence-corrected chi connectivity index (χ2v) is 9.74. The summed E-state index contributed by atoms with van der Waals surface area (Å²) >= 11 is 1.33. The third-order valence-electron chi connectivity index (χ3n) is 6.37. The number of ether oxygens (including phenoxy) is 2. The van der Waals surface area contributed by atoms with E-state index in [2.05, 4.69) is 5.32 Å². The highest BCUT2D eigenvalue weighted by molar-refractivity contribution is 8.02. The average Bonchev–Trinajstić information content (AvgIpc) is 2.95. The topological polar surface area (TPSA) is 84.9 Å². The van der Waals surface area contributed by atoms with E-state index in [0.29, 0.717) is 5.76 Å². The smallest absolute Gasteiger partial charge is 0.337 e. The van der Waals surface area contributed by atoms with Crippen molar-refractivity contribution in [3.63, 3.8) is 0 Å². The Bertz CT molecular complexity index is 1260. The van der Waals surface area contributed by atoms with Crippen LogP contribution in [-0.2, 0) is 30.3 Å². The number of nitrogens with zero attached hydrogens (tertiary/aromatic N) is 1. The van der Waals surface area contributed by atoms with Crippen molar-refractivity contribution in [2.24, 2.45) is 0 Å². The molecule has 2 aliphatic heterocycles. The number of thioether (sulfide) groups is 1. The van der Waals surface area contributed by atoms with Gasteiger partial charge in [-0.1, -0.05) is 91.0 Å². The lowest BCUT2D eigenvalue weighted by Crippen LogP contribution is -2.74. The molecule has 0 aromatic heterocycles. The van der Waals surface area contributed by atoms with Crippen LogP contribution in [0.25, 0.3) is 0 Å². The van der Waals surface area contributed by atoms with Crippen LogP contribution >= 0.6 is 11.8 Å². The number of esters is 1. The second-order valence-electron chi connectivity index (χ2n) is 8.74. The molecule has 1 saturated heterocycles. The van der Waals surface area contributed by atoms with E-state index in [1.807, 2.05) is 91.0 Å². The van der Waals surface area contributed by atoms with Crippen molar-refractivity contribution < 1.29 is 23.9 Å². The first-order chi connectivity index (χ1) is 18.1. The van der Waals surface area contributed by atoms with E-state index in [4.69, 9.17) is 9.47 Å². The Labute approximate surface area is 219 Å². The number of carbonyl (C=O) groups excluding carboxylic acids is 3. The maximum Gasteiger partial charge on any atom is 0.337 e. The maximum absolute atomic E-state index is 13.6. The minimum absolute atomic E-state index is 0.169. The van der Waals surface area contributed by atoms with Gasteiger partial charge in [0.15, 0.2) is 12.1 Å². The summed E-state index contributed by atoms with van der Waals surface area (Å²) < 4.78 is 11.5. The first-order valence-electron chi connectivity index (χ1n) is 11.9. The van der Waals surface area contributed by atoms with Crippen LogP contribution in [0, 0.1) is 0 Å². The molecule has 5 rings (SSSR count). The quantitative estimate of drug-likeness (QED) is 0.364. The van der Waals surface area contributed by atoms with Gasteiger partial charge in [-0.05, 0) is 16.7 Å². The Morgan fingerprint density at radius 2 is 1.49 bits per heavy atom. The molecule has 0 radical (unpaired) electrons. The summed E-state index contributed by atoms with van der Waals surface area (Å²) in [5.41, 5.74) is 2.48. The molecular formula is C29H26N2O5S. The van der Waals surface area contributed by atoms with Gasteiger partial charge in [0, 0.05) is 5.41 Å². The summed E-state index contributed by atoms with van der Waals surface area (Å²) in [4.78, 5) is 40.8. The lowest BCUT2D eigenvalue weighted by Gasteiger charge is -2.51. The zero-order valence-electron chi connectivity index (χ0n) is 20.2. The van der Waals surface area contributed by atoms with Crippen LogP contribution in [-0.4, -0.2) is 47.3 Å². The number of hydrogen-bond acceptors (Lipinski definition) is 6. The molecule has 0 bridgehead atoms. The molecule has 0 aliphatic carbocycles. The fourth-order valence-corrected chi connectivity index (χ4v) is 5.73. The van der Waals surface area contributed by atoms with Gasteiger partial charge in [-0.2, -0.15) is 0 Å². The summed E-state index contributed by atoms with van der Waals surface area (Å²) in [5.74, 6) is -0.870. The van der Waals surface area contributed by atoms with Crippen LogP contribution in [0.3, 0.4) is 0 Å². The zero-order valence-corrected chi connectivity index (χ0v) is 21.0. The largest absolute Gasteiger partial charge is 0.498 e. The van der Waals surface area contributed by atoms with Crippen molar-refractivity contribution in [3.05, 3.63) is 119 Å². The molecule has 0 saturated carbocycles. The Kier molecular flexibility index (Phi) is 7.28. The van der Waals surface area contributed by atoms with Gasteiger partial charge in [0.2, 0.25) is 11.8 Å². The van der Waals surface area contributed by atoms with Crippen molar-refractivity contribution in [2.75, 3.05) is 7.11 Å². The predicted molar refractivity (Wildman–Crippen MR) is 140 cm³/mol. The average molecular weight is 515 g/mol. The van der Waals surface area contributed by atoms with Gasteiger partial charge in [0.25, 0.3) is 0 Å². The number of carbonyl (C=O) groups is 3. The van der Waals surface area contributed by atoms with Crippen molar-refractivity contribution in [2.45, 2.75) is 30.0 Å². The minimum Gasteiger partial charge on any atom is -0.498 e. The van der Waals surface area contributed by atoms with E-state index in [1.165, 1.54) is 23.8 Å². The Morgan fingerprint density at radius 1 is 0.919 bits per heavy atom. The molecule has 0 spiro atoms. The van der Waals surface area contributed by atoms with Crippen molar-refractivity contribution in [1.29, 1.82) is 0 Å². The monoisotopic (exact) mass is 514 g/mol. The van der Waals surface area contributed by atoms with Crippen LogP contribution < -0.4 is 5.32 Å². The van der Waals surface area contributed by atoms with Crippen molar-refractivity contribution >= 4 is 29.5 Å². The number of β-lactam (4-membered cyclic amide) rings is 1. The number of hydrogen-bond donors (Lipinski definition) is 1. The molecule has 3 aromatic carbocycles. The summed E-state index contributed by atoms with van der Waals surface area (Å²) in [6, 6.07) is 26.5. The van der Waals surface area contributed by atoms with E-state index in [9.17, 15) is 14.4 Å². The maximum atomic E-state index is 13.6. The van der Waals surface area contributed by atoms with Gasteiger partial charge in [-0.3, -0.25) is 9.59 Å². The van der Waals surface area contributed by atoms with Gasteiger partial charge in [-0.25, -0.2) is 4.79 Å². The Hall–Kier alpha value is -4.04. The molecule has 37 heavy (non-hydrogen) atoms. The molecule has 188 valence electrons. The summed E-state index contributed by atoms with van der Waals surface area (Å²) in [6.45, 7) is 0. The molecule has 3 atom stereocenters. The summed E-state index contributed by atoms with van der Waals surface area (Å²) in [5, 5.41) is 4.11. The van der Waals surface area contributed by atoms with Crippen LogP contribution in [0.5, 0.6) is 0 Å². The molecule has 2 heterocycles. The molecule has 1 N–H and O–H groups in total. The number of amides is 2. The molecule has 3 aromatic rings. The third kappa shape index (κ3) is 5.11. The van der Waals surface area contributed by atoms with E-state index in [1.54, 1.807) is 5.41 Å². The molecule has 0 unspecified atom stereocenters. The lowest BCUT2D eigenvalue weighted by molar-refractivity contribution is -0.167. The normalized spacial score (nSPS) is 20.4. The number of nitrogens with one attached hydrogen (secondary N) is 1. The van der Waals surface area contributed by atoms with Gasteiger partial charge in [0.1, 0.15) is 17.2 Å². The van der Waals surface area contributed by atoms with Crippen molar-refractivity contribution in [3.8, 4) is 0 Å². The van der Waals surface area contributed by atoms with Crippen molar-refractivity contribution in [1.82, 2.24) is 10.2 Å². The fourth-order valence-electron chi connectivity index (χ4n) is 4.54. The third-order valence-corrected chi connectivity index (χ3v) is 7.52. The summed E-state index contributed by atoms with van der Waals surface area (Å²) in [6.07, 6.45) is -0.485. The molecule has 8 heteroatoms. The van der Waals surface area contributed by atoms with Gasteiger partial charge < -0.3 is 19.7 Å². The highest BCUT2D eigenvalue weighted by Gasteiger charge is 2.57. The van der Waals surface area contributed by atoms with Gasteiger partial charge >= 0.3 is 5.97 Å². The summed E-state index contributed by atoms with van der Waals surface area (Å²) in [7, 11) is 1.46. The highest BCUT2D eigenvalue weighted by Crippen LogP contribution is 2.41. The SMILES string of the molecule is COC1=CS[C@@H]2[C@H](NC(=O)Cc3ccccc3)C(=O)N2[C@H]1C(=O)OC(c1ccccc1)c1ccccc1. The second kappa shape index (κ2) is 10.9. The molecule has 7 nitrogen and oxygen atoms in total. The fraction of sp³-hybridized carbons (Fsp3) is 0.207. The molecule has 1 fully saturated rings. The number of methoxy groups -OCH3 is 1. The van der Waals surface area contributed by atoms with Crippen LogP contribution in [0.2, 0.25) is 0 Å². The van der Waals surface area contributed by atoms with Gasteiger partial charge in [0.05, 0.1) is 13.5 Å². The molecule has 2 aliphatic rings. The van der Waals surface area contributed by atoms with Crippen LogP contribution in [0.4, 0.5) is 0 Å². The van der Waals surface area contributed by atoms with E-state index < -0.39 is 29.5 Å². The standard InChI is InChI=1S/C29H26N2O5S/c1-35-22-18-37-28-24(30-23(32)17-19-11-5-2-6-12-19)27(33)31(28)25(22)29(34)36-26(20-13-7-3-8-14-20)21-15-9-4-10-16-21/h2-16,18,24-26,28H,17H2,1H3,(H,30,32)/t24-,25-,28-/m1/s1. The zero-order chi connectivity index (χ0) is 25.8. The minimum atomic E-state index is -1.04.